The molecule has 0 unspecified atom stereocenters. The van der Waals surface area contributed by atoms with E-state index in [9.17, 15) is 4.79 Å². The van der Waals surface area contributed by atoms with Crippen LogP contribution in [0.25, 0.3) is 6.08 Å². The van der Waals surface area contributed by atoms with Gasteiger partial charge in [0.15, 0.2) is 0 Å². The summed E-state index contributed by atoms with van der Waals surface area (Å²) in [5, 5.41) is 15.6. The molecule has 0 aliphatic heterocycles. The quantitative estimate of drug-likeness (QED) is 0.460. The Labute approximate surface area is 139 Å². The van der Waals surface area contributed by atoms with Gasteiger partial charge in [-0.2, -0.15) is 5.26 Å². The molecule has 0 atom stereocenters. The van der Waals surface area contributed by atoms with Crippen molar-refractivity contribution in [2.24, 2.45) is 0 Å². The standard InChI is InChI=1S/C8H8.C5H8O2.C4H6.C3H3N/c1-2-8-6-4-3-5-7-8;1-3-4(2)5(6)7;1-3-4-2;1-2-3-4/h2-7H,1H2;3H,1-2H3,(H,6,7);3-4H,1-2H2;2H,1H2. The number of nitrogens with zero attached hydrogens (tertiary/aromatic N) is 1. The summed E-state index contributed by atoms with van der Waals surface area (Å²) in [4.78, 5) is 9.86. The van der Waals surface area contributed by atoms with E-state index in [-0.39, 0.29) is 0 Å². The fourth-order valence-electron chi connectivity index (χ4n) is 0.713. The fourth-order valence-corrected chi connectivity index (χ4v) is 0.713. The molecule has 0 saturated carbocycles. The van der Waals surface area contributed by atoms with Crippen molar-refractivity contribution in [2.45, 2.75) is 13.8 Å². The first-order valence-electron chi connectivity index (χ1n) is 6.72. The summed E-state index contributed by atoms with van der Waals surface area (Å²) in [7, 11) is 0. The highest BCUT2D eigenvalue weighted by molar-refractivity contribution is 5.85. The van der Waals surface area contributed by atoms with E-state index < -0.39 is 5.97 Å². The van der Waals surface area contributed by atoms with Crippen molar-refractivity contribution in [1.29, 1.82) is 5.26 Å². The summed E-state index contributed by atoms with van der Waals surface area (Å²) >= 11 is 0. The highest BCUT2D eigenvalue weighted by Gasteiger charge is 1.93. The smallest absolute Gasteiger partial charge is 0.330 e. The van der Waals surface area contributed by atoms with Crippen molar-refractivity contribution in [2.75, 3.05) is 0 Å². The molecule has 1 rings (SSSR count). The van der Waals surface area contributed by atoms with Crippen molar-refractivity contribution in [3.8, 4) is 6.07 Å². The van der Waals surface area contributed by atoms with Gasteiger partial charge in [-0.25, -0.2) is 4.79 Å². The van der Waals surface area contributed by atoms with Gasteiger partial charge in [0.25, 0.3) is 0 Å². The Hall–Kier alpha value is -3.12. The molecule has 3 heteroatoms. The largest absolute Gasteiger partial charge is 0.478 e. The van der Waals surface area contributed by atoms with Gasteiger partial charge >= 0.3 is 5.97 Å². The number of benzene rings is 1. The lowest BCUT2D eigenvalue weighted by Crippen LogP contribution is -1.93. The van der Waals surface area contributed by atoms with E-state index in [0.29, 0.717) is 5.57 Å². The first-order chi connectivity index (χ1) is 10.9. The maximum absolute atomic E-state index is 9.86. The third-order valence-corrected chi connectivity index (χ3v) is 2.06. The van der Waals surface area contributed by atoms with E-state index in [4.69, 9.17) is 10.4 Å². The zero-order valence-electron chi connectivity index (χ0n) is 13.9. The van der Waals surface area contributed by atoms with Gasteiger partial charge in [0, 0.05) is 11.6 Å². The highest BCUT2D eigenvalue weighted by atomic mass is 16.4. The van der Waals surface area contributed by atoms with E-state index in [1.807, 2.05) is 36.4 Å². The van der Waals surface area contributed by atoms with Crippen molar-refractivity contribution >= 4 is 12.0 Å². The number of carbonyl (C=O) groups is 1. The van der Waals surface area contributed by atoms with Gasteiger partial charge in [-0.15, -0.1) is 0 Å². The second-order valence-corrected chi connectivity index (χ2v) is 3.70. The van der Waals surface area contributed by atoms with E-state index in [1.165, 1.54) is 11.6 Å². The van der Waals surface area contributed by atoms with Crippen LogP contribution in [0, 0.1) is 11.3 Å². The number of nitriles is 1. The normalized spacial score (nSPS) is 7.96. The summed E-state index contributed by atoms with van der Waals surface area (Å²) in [5.41, 5.74) is 1.56. The van der Waals surface area contributed by atoms with E-state index in [2.05, 4.69) is 26.3 Å². The number of rotatable bonds is 3. The highest BCUT2D eigenvalue weighted by Crippen LogP contribution is 1.97. The van der Waals surface area contributed by atoms with Crippen LogP contribution in [0.1, 0.15) is 19.4 Å². The Morgan fingerprint density at radius 2 is 1.57 bits per heavy atom. The van der Waals surface area contributed by atoms with Crippen LogP contribution in [-0.2, 0) is 4.79 Å². The number of hydrogen-bond acceptors (Lipinski definition) is 2. The van der Waals surface area contributed by atoms with Crippen molar-refractivity contribution in [1.82, 2.24) is 0 Å². The predicted octanol–water partition coefficient (Wildman–Crippen LogP) is 5.42. The van der Waals surface area contributed by atoms with Gasteiger partial charge in [-0.3, -0.25) is 0 Å². The van der Waals surface area contributed by atoms with Crippen LogP contribution in [0.5, 0.6) is 0 Å². The molecule has 1 aromatic carbocycles. The minimum atomic E-state index is -0.845. The average Bonchev–Trinajstić information content (AvgIpc) is 2.62. The second-order valence-electron chi connectivity index (χ2n) is 3.70. The lowest BCUT2D eigenvalue weighted by Gasteiger charge is -1.85. The van der Waals surface area contributed by atoms with Crippen LogP contribution in [-0.4, -0.2) is 11.1 Å². The molecule has 0 spiro atoms. The van der Waals surface area contributed by atoms with Crippen LogP contribution >= 0.6 is 0 Å². The Morgan fingerprint density at radius 1 is 1.13 bits per heavy atom. The van der Waals surface area contributed by atoms with Crippen LogP contribution in [0.15, 0.2) is 86.5 Å². The van der Waals surface area contributed by atoms with E-state index in [1.54, 1.807) is 38.1 Å². The number of allylic oxidation sites excluding steroid dienone is 4. The molecule has 1 N–H and O–H groups in total. The zero-order chi connectivity index (χ0) is 18.5. The van der Waals surface area contributed by atoms with Crippen molar-refractivity contribution in [3.05, 3.63) is 92.1 Å². The predicted molar refractivity (Wildman–Crippen MR) is 99.8 cm³/mol. The number of carboxylic acid groups (broad SMARTS) is 1. The fraction of sp³-hybridized carbons (Fsp3) is 0.100. The number of carboxylic acids is 1. The minimum absolute atomic E-state index is 0.389. The van der Waals surface area contributed by atoms with Gasteiger partial charge in [0.1, 0.15) is 0 Å². The van der Waals surface area contributed by atoms with E-state index in [0.717, 1.165) is 0 Å². The Balaban J connectivity index is -0.000000245. The molecule has 0 fully saturated rings. The van der Waals surface area contributed by atoms with Crippen LogP contribution in [0.3, 0.4) is 0 Å². The zero-order valence-corrected chi connectivity index (χ0v) is 13.9. The van der Waals surface area contributed by atoms with Crippen LogP contribution < -0.4 is 0 Å². The lowest BCUT2D eigenvalue weighted by molar-refractivity contribution is -0.132. The monoisotopic (exact) mass is 311 g/mol. The van der Waals surface area contributed by atoms with E-state index >= 15 is 0 Å². The molecule has 23 heavy (non-hydrogen) atoms. The second kappa shape index (κ2) is 21.2. The molecule has 0 aliphatic rings. The van der Waals surface area contributed by atoms with Gasteiger partial charge in [0.05, 0.1) is 6.07 Å². The summed E-state index contributed by atoms with van der Waals surface area (Å²) in [6.45, 7) is 16.7. The maximum Gasteiger partial charge on any atom is 0.330 e. The molecule has 0 bridgehead atoms. The van der Waals surface area contributed by atoms with Crippen molar-refractivity contribution in [3.63, 3.8) is 0 Å². The third-order valence-electron chi connectivity index (χ3n) is 2.06. The van der Waals surface area contributed by atoms with Crippen LogP contribution in [0.4, 0.5) is 0 Å². The summed E-state index contributed by atoms with van der Waals surface area (Å²) < 4.78 is 0. The van der Waals surface area contributed by atoms with Gasteiger partial charge in [0.2, 0.25) is 0 Å². The average molecular weight is 311 g/mol. The third kappa shape index (κ3) is 24.3. The summed E-state index contributed by atoms with van der Waals surface area (Å²) in [5.74, 6) is -0.845. The Bertz CT molecular complexity index is 529. The number of aliphatic carboxylic acids is 1. The number of hydrogen-bond donors (Lipinski definition) is 1. The Kier molecular flexibility index (Phi) is 22.9. The molecule has 0 saturated heterocycles. The molecule has 0 heterocycles. The van der Waals surface area contributed by atoms with Crippen molar-refractivity contribution < 1.29 is 9.90 Å². The molecular weight excluding hydrogens is 286 g/mol. The molecule has 0 aliphatic carbocycles. The SMILES string of the molecule is C=CC#N.C=CC=C.C=Cc1ccccc1.CC=C(C)C(=O)O. The maximum atomic E-state index is 9.86. The summed E-state index contributed by atoms with van der Waals surface area (Å²) in [6, 6.07) is 11.7. The first kappa shape index (κ1) is 24.9. The topological polar surface area (TPSA) is 61.1 Å². The molecule has 1 aromatic rings. The van der Waals surface area contributed by atoms with Crippen LogP contribution in [0.2, 0.25) is 0 Å². The van der Waals surface area contributed by atoms with Gasteiger partial charge in [-0.05, 0) is 19.4 Å². The lowest BCUT2D eigenvalue weighted by atomic mass is 10.2. The van der Waals surface area contributed by atoms with Gasteiger partial charge < -0.3 is 5.11 Å². The molecule has 0 amide bonds. The molecule has 0 radical (unpaired) electrons. The molecule has 122 valence electrons. The van der Waals surface area contributed by atoms with Gasteiger partial charge in [-0.1, -0.05) is 81.0 Å². The molecular formula is C20H25NO2. The summed E-state index contributed by atoms with van der Waals surface area (Å²) in [6.07, 6.45) is 7.85. The minimum Gasteiger partial charge on any atom is -0.478 e. The Morgan fingerprint density at radius 3 is 1.70 bits per heavy atom. The first-order valence-corrected chi connectivity index (χ1v) is 6.72. The molecule has 3 nitrogen and oxygen atoms in total. The molecule has 0 aromatic heterocycles.